The number of benzene rings is 2. The maximum Gasteiger partial charge on any atom is 0.340 e. The van der Waals surface area contributed by atoms with Crippen molar-refractivity contribution in [3.8, 4) is 0 Å². The fourth-order valence-corrected chi connectivity index (χ4v) is 2.28. The van der Waals surface area contributed by atoms with Crippen LogP contribution in [0.3, 0.4) is 0 Å². The van der Waals surface area contributed by atoms with Crippen molar-refractivity contribution in [3.05, 3.63) is 77.9 Å². The molecule has 0 fully saturated rings. The summed E-state index contributed by atoms with van der Waals surface area (Å²) in [5, 5.41) is 2.35. The largest absolute Gasteiger partial charge is 0.465 e. The summed E-state index contributed by atoms with van der Waals surface area (Å²) in [6.07, 6.45) is 1.53. The Balaban J connectivity index is 2.23. The van der Waals surface area contributed by atoms with Crippen LogP contribution in [-0.4, -0.2) is 30.6 Å². The number of methoxy groups -OCH3 is 1. The van der Waals surface area contributed by atoms with E-state index in [0.717, 1.165) is 18.7 Å². The molecule has 0 aliphatic carbocycles. The summed E-state index contributed by atoms with van der Waals surface area (Å²) in [6.45, 7) is 4.09. The van der Waals surface area contributed by atoms with Crippen molar-refractivity contribution < 1.29 is 23.1 Å². The highest BCUT2D eigenvalue weighted by Crippen LogP contribution is 2.21. The number of ether oxygens (including phenoxy) is 1. The molecule has 2 amide bonds. The molecule has 0 unspecified atom stereocenters. The summed E-state index contributed by atoms with van der Waals surface area (Å²) < 4.78 is 32.1. The maximum atomic E-state index is 14.0. The predicted octanol–water partition coefficient (Wildman–Crippen LogP) is 3.97. The van der Waals surface area contributed by atoms with Crippen LogP contribution in [0.1, 0.15) is 15.9 Å². The molecule has 0 atom stereocenters. The Morgan fingerprint density at radius 2 is 1.88 bits per heavy atom. The van der Waals surface area contributed by atoms with Crippen molar-refractivity contribution in [2.75, 3.05) is 19.0 Å². The minimum atomic E-state index is -1.07. The van der Waals surface area contributed by atoms with Crippen molar-refractivity contribution in [1.29, 1.82) is 0 Å². The lowest BCUT2D eigenvalue weighted by molar-refractivity contribution is 0.0595. The second-order valence-electron chi connectivity index (χ2n) is 5.39. The minimum Gasteiger partial charge on any atom is -0.465 e. The summed E-state index contributed by atoms with van der Waals surface area (Å²) in [7, 11) is 1.08. The van der Waals surface area contributed by atoms with E-state index in [0.29, 0.717) is 6.07 Å². The molecule has 5 nitrogen and oxygen atoms in total. The molecule has 1 N–H and O–H groups in total. The lowest BCUT2D eigenvalue weighted by atomic mass is 10.1. The summed E-state index contributed by atoms with van der Waals surface area (Å²) in [6, 6.07) is 10.0. The highest BCUT2D eigenvalue weighted by atomic mass is 19.1. The molecule has 26 heavy (non-hydrogen) atoms. The first-order valence-corrected chi connectivity index (χ1v) is 7.74. The van der Waals surface area contributed by atoms with Gasteiger partial charge in [0.2, 0.25) is 0 Å². The van der Waals surface area contributed by atoms with Crippen molar-refractivity contribution in [1.82, 2.24) is 4.90 Å². The highest BCUT2D eigenvalue weighted by molar-refractivity contribution is 5.94. The summed E-state index contributed by atoms with van der Waals surface area (Å²) in [5.41, 5.74) is 0.0841. The number of halogens is 2. The third kappa shape index (κ3) is 4.66. The average molecular weight is 360 g/mol. The molecule has 0 heterocycles. The van der Waals surface area contributed by atoms with Crippen LogP contribution in [0, 0.1) is 11.6 Å². The van der Waals surface area contributed by atoms with Gasteiger partial charge >= 0.3 is 12.0 Å². The zero-order valence-electron chi connectivity index (χ0n) is 14.2. The summed E-state index contributed by atoms with van der Waals surface area (Å²) in [5.74, 6) is -3.04. The molecule has 0 spiro atoms. The van der Waals surface area contributed by atoms with Gasteiger partial charge in [-0.25, -0.2) is 18.4 Å². The van der Waals surface area contributed by atoms with Gasteiger partial charge in [-0.15, -0.1) is 6.58 Å². The van der Waals surface area contributed by atoms with Crippen LogP contribution in [0.5, 0.6) is 0 Å². The second kappa shape index (κ2) is 8.75. The molecule has 0 saturated heterocycles. The van der Waals surface area contributed by atoms with Crippen molar-refractivity contribution in [3.63, 3.8) is 0 Å². The normalized spacial score (nSPS) is 10.1. The predicted molar refractivity (Wildman–Crippen MR) is 93.8 cm³/mol. The second-order valence-corrected chi connectivity index (χ2v) is 5.39. The van der Waals surface area contributed by atoms with Gasteiger partial charge in [-0.2, -0.15) is 0 Å². The lowest BCUT2D eigenvalue weighted by Crippen LogP contribution is -2.35. The van der Waals surface area contributed by atoms with E-state index in [-0.39, 0.29) is 18.8 Å². The quantitative estimate of drug-likeness (QED) is 0.626. The number of esters is 1. The number of nitrogens with zero attached hydrogens (tertiary/aromatic N) is 1. The maximum absolute atomic E-state index is 14.0. The number of rotatable bonds is 6. The Labute approximate surface area is 149 Å². The van der Waals surface area contributed by atoms with E-state index in [1.807, 2.05) is 30.3 Å². The number of hydrogen-bond donors (Lipinski definition) is 1. The smallest absolute Gasteiger partial charge is 0.340 e. The molecule has 0 aliphatic heterocycles. The van der Waals surface area contributed by atoms with E-state index in [1.54, 1.807) is 0 Å². The zero-order chi connectivity index (χ0) is 19.1. The number of carbonyl (C=O) groups is 2. The van der Waals surface area contributed by atoms with Crippen molar-refractivity contribution in [2.24, 2.45) is 0 Å². The summed E-state index contributed by atoms with van der Waals surface area (Å²) >= 11 is 0. The van der Waals surface area contributed by atoms with Crippen LogP contribution < -0.4 is 5.32 Å². The van der Waals surface area contributed by atoms with E-state index in [9.17, 15) is 18.4 Å². The highest BCUT2D eigenvalue weighted by Gasteiger charge is 2.20. The van der Waals surface area contributed by atoms with E-state index in [1.165, 1.54) is 11.0 Å². The fraction of sp³-hybridized carbons (Fsp3) is 0.158. The van der Waals surface area contributed by atoms with Gasteiger partial charge in [-0.1, -0.05) is 36.4 Å². The molecule has 2 aromatic carbocycles. The van der Waals surface area contributed by atoms with E-state index in [2.05, 4.69) is 16.6 Å². The number of urea groups is 1. The number of nitrogens with one attached hydrogen (secondary N) is 1. The Morgan fingerprint density at radius 3 is 2.50 bits per heavy atom. The molecule has 0 aliphatic rings. The Hall–Kier alpha value is -3.22. The molecular formula is C19H18F2N2O3. The van der Waals surface area contributed by atoms with Crippen LogP contribution >= 0.6 is 0 Å². The molecule has 0 saturated carbocycles. The molecular weight excluding hydrogens is 342 g/mol. The molecule has 2 aromatic rings. The van der Waals surface area contributed by atoms with Gasteiger partial charge in [0.1, 0.15) is 11.6 Å². The van der Waals surface area contributed by atoms with Crippen LogP contribution in [-0.2, 0) is 11.3 Å². The fourth-order valence-electron chi connectivity index (χ4n) is 2.28. The monoisotopic (exact) mass is 360 g/mol. The molecule has 7 heteroatoms. The van der Waals surface area contributed by atoms with Gasteiger partial charge in [0.25, 0.3) is 0 Å². The first-order valence-electron chi connectivity index (χ1n) is 7.74. The molecule has 0 radical (unpaired) electrons. The van der Waals surface area contributed by atoms with Gasteiger partial charge < -0.3 is 15.0 Å². The molecule has 0 bridgehead atoms. The number of hydrogen-bond acceptors (Lipinski definition) is 3. The number of amides is 2. The zero-order valence-corrected chi connectivity index (χ0v) is 14.2. The topological polar surface area (TPSA) is 58.6 Å². The summed E-state index contributed by atoms with van der Waals surface area (Å²) in [4.78, 5) is 25.4. The standard InChI is InChI=1S/C19H18F2N2O3/c1-3-9-23(12-13-7-5-4-6-8-13)19(25)22-17-10-14(18(24)26-2)15(20)11-16(17)21/h3-8,10-11H,1,9,12H2,2H3,(H,22,25). The van der Waals surface area contributed by atoms with Crippen molar-refractivity contribution >= 4 is 17.7 Å². The first-order chi connectivity index (χ1) is 12.5. The van der Waals surface area contributed by atoms with Gasteiger partial charge in [0, 0.05) is 19.2 Å². The third-order valence-electron chi connectivity index (χ3n) is 3.56. The molecule has 136 valence electrons. The SMILES string of the molecule is C=CCN(Cc1ccccc1)C(=O)Nc1cc(C(=O)OC)c(F)cc1F. The first kappa shape index (κ1) is 19.1. The Bertz CT molecular complexity index is 810. The van der Waals surface area contributed by atoms with Crippen LogP contribution in [0.4, 0.5) is 19.3 Å². The van der Waals surface area contributed by atoms with Crippen LogP contribution in [0.2, 0.25) is 0 Å². The van der Waals surface area contributed by atoms with Crippen LogP contribution in [0.25, 0.3) is 0 Å². The third-order valence-corrected chi connectivity index (χ3v) is 3.56. The van der Waals surface area contributed by atoms with Crippen molar-refractivity contribution in [2.45, 2.75) is 6.54 Å². The molecule has 2 rings (SSSR count). The van der Waals surface area contributed by atoms with E-state index in [4.69, 9.17) is 0 Å². The van der Waals surface area contributed by atoms with E-state index >= 15 is 0 Å². The van der Waals surface area contributed by atoms with Crippen LogP contribution in [0.15, 0.2) is 55.1 Å². The van der Waals surface area contributed by atoms with E-state index < -0.39 is 29.2 Å². The van der Waals surface area contributed by atoms with Gasteiger partial charge in [-0.3, -0.25) is 0 Å². The minimum absolute atomic E-state index is 0.216. The number of anilines is 1. The van der Waals surface area contributed by atoms with Gasteiger partial charge in [0.05, 0.1) is 18.4 Å². The Kier molecular flexibility index (Phi) is 6.43. The lowest BCUT2D eigenvalue weighted by Gasteiger charge is -2.22. The Morgan fingerprint density at radius 1 is 1.19 bits per heavy atom. The molecule has 0 aromatic heterocycles. The number of carbonyl (C=O) groups excluding carboxylic acids is 2. The van der Waals surface area contributed by atoms with Gasteiger partial charge in [-0.05, 0) is 11.6 Å². The van der Waals surface area contributed by atoms with Gasteiger partial charge in [0.15, 0.2) is 0 Å². The average Bonchev–Trinajstić information content (AvgIpc) is 2.63.